The first-order valence-electron chi connectivity index (χ1n) is 30.3. The molecule has 6 aromatic carbocycles. The molecule has 3 aliphatic heterocycles. The average Bonchev–Trinajstić information content (AvgIpc) is 1.72. The summed E-state index contributed by atoms with van der Waals surface area (Å²) < 4.78 is 26.5. The van der Waals surface area contributed by atoms with Crippen molar-refractivity contribution in [2.75, 3.05) is 114 Å². The van der Waals surface area contributed by atoms with Gasteiger partial charge in [-0.1, -0.05) is 29.6 Å². The number of aliphatic hydroxyl groups is 4. The number of rotatable bonds is 16. The summed E-state index contributed by atoms with van der Waals surface area (Å²) in [5.74, 6) is 11.3. The van der Waals surface area contributed by atoms with Gasteiger partial charge in [-0.05, 0) is 189 Å². The molecule has 9 rings (SSSR count). The fourth-order valence-corrected chi connectivity index (χ4v) is 9.65. The maximum Gasteiger partial charge on any atom is 0.331 e. The third-order valence-electron chi connectivity index (χ3n) is 14.7. The molecule has 3 fully saturated rings. The Kier molecular flexibility index (Phi) is 30.5. The number of esters is 2. The minimum Gasteiger partial charge on any atom is -0.467 e. The highest BCUT2D eigenvalue weighted by Crippen LogP contribution is 2.20. The Morgan fingerprint density at radius 1 is 0.447 bits per heavy atom. The zero-order chi connectivity index (χ0) is 67.9. The maximum absolute atomic E-state index is 12.4. The Hall–Kier alpha value is -9.13. The number of hydrogen-bond donors (Lipinski definition) is 7. The fraction of sp³-hybridized carbons (Fsp3) is 0.333. The number of benzene rings is 6. The lowest BCUT2D eigenvalue weighted by molar-refractivity contribution is -0.146. The minimum absolute atomic E-state index is 0.330. The van der Waals surface area contributed by atoms with E-state index < -0.39 is 78.5 Å². The van der Waals surface area contributed by atoms with Gasteiger partial charge in [-0.25, -0.2) is 9.59 Å². The zero-order valence-corrected chi connectivity index (χ0v) is 55.2. The van der Waals surface area contributed by atoms with E-state index in [1.54, 1.807) is 72.8 Å². The van der Waals surface area contributed by atoms with Crippen molar-refractivity contribution in [3.63, 3.8) is 0 Å². The van der Waals surface area contributed by atoms with Crippen LogP contribution >= 0.6 is 22.6 Å². The molecule has 3 heterocycles. The molecule has 22 heteroatoms. The van der Waals surface area contributed by atoms with E-state index in [1.165, 1.54) is 44.2 Å². The summed E-state index contributed by atoms with van der Waals surface area (Å²) in [4.78, 5) is 78.2. The molecule has 494 valence electrons. The van der Waals surface area contributed by atoms with E-state index in [0.29, 0.717) is 22.3 Å². The number of morpholine rings is 3. The van der Waals surface area contributed by atoms with Crippen molar-refractivity contribution < 1.29 is 72.9 Å². The standard InChI is InChI=1S/2C24H26N2O5.C14H15NO4.C10H12INO/c1-17(27)22(24(29)30-2)25-23(28)20-9-5-18(6-10-20)3-4-19-7-11-21(12-8-19)26-13-15-31-16-14-26;1-17(28)23(22(29)16-27)25-24(30)20-8-4-18(5-9-20)2-3-19-6-10-21(11-7-19)26-12-14-31-15-13-26;1-4-10-5-7-11(8-6-10)13(17)15-12(9(2)16)14(18)19-3;11-9-1-3-10(4-2-9)12-5-7-13-8-6-12/h5-12,17,22,27H,13-16H2,1-2H3,(H,25,28);4-11,17,23,27-28H,12-16H2,1H3,(H,25,30);1,5-9,12,16H,2-3H3,(H,15,17);1-4H,5-8H2/t17-,22+;17-,23+;9-,12+;/m111./s1. The Morgan fingerprint density at radius 2 is 0.702 bits per heavy atom. The van der Waals surface area contributed by atoms with Crippen LogP contribution in [0.4, 0.5) is 17.1 Å². The minimum atomic E-state index is -1.16. The summed E-state index contributed by atoms with van der Waals surface area (Å²) in [5.41, 5.74) is 8.59. The van der Waals surface area contributed by atoms with E-state index in [4.69, 9.17) is 25.7 Å². The van der Waals surface area contributed by atoms with Gasteiger partial charge in [0.2, 0.25) is 0 Å². The molecule has 3 aliphatic rings. The fourth-order valence-electron chi connectivity index (χ4n) is 9.29. The number of ketones is 1. The number of terminal acetylenes is 1. The second-order valence-electron chi connectivity index (χ2n) is 21.5. The van der Waals surface area contributed by atoms with Gasteiger partial charge in [0.05, 0.1) is 72.2 Å². The van der Waals surface area contributed by atoms with Crippen LogP contribution in [0.5, 0.6) is 0 Å². The van der Waals surface area contributed by atoms with Gasteiger partial charge in [0.25, 0.3) is 17.7 Å². The van der Waals surface area contributed by atoms with Crippen LogP contribution in [0.25, 0.3) is 0 Å². The molecule has 6 atom stereocenters. The molecular weight excluding hydrogens is 1320 g/mol. The molecule has 0 unspecified atom stereocenters. The number of aliphatic hydroxyl groups excluding tert-OH is 4. The lowest BCUT2D eigenvalue weighted by Crippen LogP contribution is -2.48. The summed E-state index contributed by atoms with van der Waals surface area (Å²) in [6.45, 7) is 13.7. The highest BCUT2D eigenvalue weighted by molar-refractivity contribution is 14.1. The van der Waals surface area contributed by atoms with Crippen LogP contribution in [-0.2, 0) is 38.1 Å². The molecule has 94 heavy (non-hydrogen) atoms. The van der Waals surface area contributed by atoms with E-state index in [9.17, 15) is 44.1 Å². The number of amides is 3. The van der Waals surface area contributed by atoms with Gasteiger partial charge in [-0.2, -0.15) is 0 Å². The SMILES string of the molecule is C#Cc1ccc(C(=O)N[C@H](C(=O)OC)[C@@H](C)O)cc1.COC(=O)[C@@H](NC(=O)c1ccc(C#Cc2ccc(N3CCOCC3)cc2)cc1)[C@@H](C)O.C[C@@H](O)[C@H](NC(=O)c1ccc(C#Cc2ccc(N3CCOCC3)cc2)cc1)C(=O)CO.Ic1ccc(N2CCOCC2)cc1. The van der Waals surface area contributed by atoms with Gasteiger partial charge in [0.1, 0.15) is 12.6 Å². The molecule has 0 aliphatic carbocycles. The van der Waals surface area contributed by atoms with E-state index in [1.807, 2.05) is 24.3 Å². The van der Waals surface area contributed by atoms with Crippen molar-refractivity contribution in [3.05, 3.63) is 194 Å². The monoisotopic (exact) mass is 1390 g/mol. The van der Waals surface area contributed by atoms with Gasteiger partial charge >= 0.3 is 11.9 Å². The lowest BCUT2D eigenvalue weighted by Gasteiger charge is -2.28. The highest BCUT2D eigenvalue weighted by atomic mass is 127. The van der Waals surface area contributed by atoms with Crippen molar-refractivity contribution >= 4 is 75.1 Å². The quantitative estimate of drug-likeness (QED) is 0.0382. The first-order valence-corrected chi connectivity index (χ1v) is 31.4. The number of nitrogens with zero attached hydrogens (tertiary/aromatic N) is 3. The molecule has 0 spiro atoms. The molecule has 6 aromatic rings. The van der Waals surface area contributed by atoms with Crippen LogP contribution in [0.15, 0.2) is 146 Å². The zero-order valence-electron chi connectivity index (χ0n) is 53.1. The third kappa shape index (κ3) is 23.8. The van der Waals surface area contributed by atoms with Crippen molar-refractivity contribution in [2.24, 2.45) is 0 Å². The van der Waals surface area contributed by atoms with Gasteiger partial charge in [-0.15, -0.1) is 6.42 Å². The number of carbonyl (C=O) groups excluding carboxylic acids is 6. The van der Waals surface area contributed by atoms with Crippen molar-refractivity contribution in [1.82, 2.24) is 16.0 Å². The van der Waals surface area contributed by atoms with Gasteiger partial charge in [0, 0.05) is 104 Å². The maximum atomic E-state index is 12.4. The molecule has 3 saturated heterocycles. The molecule has 0 bridgehead atoms. The smallest absolute Gasteiger partial charge is 0.331 e. The van der Waals surface area contributed by atoms with E-state index in [-0.39, 0.29) is 0 Å². The van der Waals surface area contributed by atoms with Crippen LogP contribution in [-0.4, -0.2) is 192 Å². The molecule has 0 radical (unpaired) electrons. The predicted molar refractivity (Wildman–Crippen MR) is 365 cm³/mol. The first kappa shape index (κ1) is 73.9. The number of methoxy groups -OCH3 is 2. The Morgan fingerprint density at radius 3 is 0.957 bits per heavy atom. The number of halogens is 1. The topological polar surface area (TPSA) is 275 Å². The number of nitrogens with one attached hydrogen (secondary N) is 3. The van der Waals surface area contributed by atoms with Crippen LogP contribution in [0.2, 0.25) is 0 Å². The Labute approximate surface area is 562 Å². The summed E-state index contributed by atoms with van der Waals surface area (Å²) >= 11 is 2.32. The summed E-state index contributed by atoms with van der Waals surface area (Å²) in [6, 6.07) is 41.1. The van der Waals surface area contributed by atoms with Crippen molar-refractivity contribution in [2.45, 2.75) is 57.2 Å². The van der Waals surface area contributed by atoms with E-state index >= 15 is 0 Å². The predicted octanol–water partition coefficient (Wildman–Crippen LogP) is 4.99. The number of ether oxygens (including phenoxy) is 5. The second kappa shape index (κ2) is 38.8. The largest absolute Gasteiger partial charge is 0.467 e. The highest BCUT2D eigenvalue weighted by Gasteiger charge is 2.29. The number of carbonyl (C=O) groups is 6. The molecule has 3 amide bonds. The van der Waals surface area contributed by atoms with Crippen LogP contribution < -0.4 is 30.7 Å². The molecular formula is C72H79IN6O15. The Bertz CT molecular complexity index is 3420. The molecule has 0 aromatic heterocycles. The summed E-state index contributed by atoms with van der Waals surface area (Å²) in [7, 11) is 2.39. The average molecular weight is 1400 g/mol. The second-order valence-corrected chi connectivity index (χ2v) is 22.7. The van der Waals surface area contributed by atoms with Gasteiger partial charge in [0.15, 0.2) is 17.9 Å². The Balaban J connectivity index is 0.000000208. The van der Waals surface area contributed by atoms with Crippen LogP contribution in [0.3, 0.4) is 0 Å². The lowest BCUT2D eigenvalue weighted by atomic mass is 10.1. The van der Waals surface area contributed by atoms with Gasteiger partial charge < -0.3 is 74.8 Å². The van der Waals surface area contributed by atoms with E-state index in [2.05, 4.69) is 141 Å². The summed E-state index contributed by atoms with van der Waals surface area (Å²) in [6.07, 6.45) is 1.97. The number of Topliss-reactive ketones (excluding diaryl/α,β-unsaturated/α-hetero) is 1. The molecule has 7 N–H and O–H groups in total. The van der Waals surface area contributed by atoms with Crippen molar-refractivity contribution in [1.29, 1.82) is 0 Å². The van der Waals surface area contributed by atoms with Crippen molar-refractivity contribution in [3.8, 4) is 36.0 Å². The number of anilines is 3. The first-order chi connectivity index (χ1) is 45.3. The molecule has 21 nitrogen and oxygen atoms in total. The number of hydrogen-bond acceptors (Lipinski definition) is 18. The van der Waals surface area contributed by atoms with E-state index in [0.717, 1.165) is 113 Å². The van der Waals surface area contributed by atoms with Gasteiger partial charge in [-0.3, -0.25) is 19.2 Å². The van der Waals surface area contributed by atoms with Crippen LogP contribution in [0.1, 0.15) is 79.7 Å². The van der Waals surface area contributed by atoms with Crippen LogP contribution in [0, 0.1) is 39.6 Å². The molecule has 0 saturated carbocycles. The normalized spacial score (nSPS) is 15.1. The summed E-state index contributed by atoms with van der Waals surface area (Å²) in [5, 5.41) is 45.1. The third-order valence-corrected chi connectivity index (χ3v) is 15.4.